The summed E-state index contributed by atoms with van der Waals surface area (Å²) in [6, 6.07) is 8.96. The Kier molecular flexibility index (Phi) is 5.54. The Labute approximate surface area is 143 Å². The lowest BCUT2D eigenvalue weighted by Gasteiger charge is -2.44. The summed E-state index contributed by atoms with van der Waals surface area (Å²) in [6.07, 6.45) is 2.84. The standard InChI is InChI=1S/C19H27NO4/c1-2-12-23-14-19(22,16-6-4-3-5-7-16)18(21)24-17-13-20-10-8-15(17)9-11-20/h3-7,15,17,22H,2,8-14H2,1H3. The van der Waals surface area contributed by atoms with Gasteiger partial charge < -0.3 is 14.6 Å². The number of benzene rings is 1. The van der Waals surface area contributed by atoms with Crippen LogP contribution in [0.2, 0.25) is 0 Å². The second-order valence-electron chi connectivity index (χ2n) is 6.86. The van der Waals surface area contributed by atoms with Crippen LogP contribution in [-0.2, 0) is 19.9 Å². The molecule has 132 valence electrons. The second kappa shape index (κ2) is 7.64. The van der Waals surface area contributed by atoms with Gasteiger partial charge in [-0.1, -0.05) is 37.3 Å². The number of piperidine rings is 3. The van der Waals surface area contributed by atoms with Crippen molar-refractivity contribution >= 4 is 5.97 Å². The third kappa shape index (κ3) is 3.63. The number of hydrogen-bond donors (Lipinski definition) is 1. The van der Waals surface area contributed by atoms with Gasteiger partial charge in [0.2, 0.25) is 5.60 Å². The molecule has 2 atom stereocenters. The molecule has 4 rings (SSSR count). The van der Waals surface area contributed by atoms with Crippen molar-refractivity contribution < 1.29 is 19.4 Å². The first kappa shape index (κ1) is 17.4. The molecule has 3 aliphatic rings. The molecule has 0 saturated carbocycles. The van der Waals surface area contributed by atoms with E-state index in [4.69, 9.17) is 9.47 Å². The van der Waals surface area contributed by atoms with Crippen LogP contribution in [0.5, 0.6) is 0 Å². The zero-order valence-electron chi connectivity index (χ0n) is 14.3. The van der Waals surface area contributed by atoms with Gasteiger partial charge in [0.15, 0.2) is 0 Å². The largest absolute Gasteiger partial charge is 0.458 e. The lowest BCUT2D eigenvalue weighted by atomic mass is 9.85. The highest BCUT2D eigenvalue weighted by Crippen LogP contribution is 2.32. The number of ether oxygens (including phenoxy) is 2. The van der Waals surface area contributed by atoms with Crippen molar-refractivity contribution in [2.24, 2.45) is 5.92 Å². The van der Waals surface area contributed by atoms with Gasteiger partial charge in [-0.15, -0.1) is 0 Å². The van der Waals surface area contributed by atoms with Gasteiger partial charge in [-0.25, -0.2) is 4.79 Å². The van der Waals surface area contributed by atoms with E-state index < -0.39 is 11.6 Å². The minimum atomic E-state index is -1.75. The number of esters is 1. The molecule has 3 heterocycles. The van der Waals surface area contributed by atoms with Gasteiger partial charge in [-0.3, -0.25) is 4.90 Å². The number of nitrogens with zero attached hydrogens (tertiary/aromatic N) is 1. The summed E-state index contributed by atoms with van der Waals surface area (Å²) >= 11 is 0. The summed E-state index contributed by atoms with van der Waals surface area (Å²) in [7, 11) is 0. The zero-order valence-corrected chi connectivity index (χ0v) is 14.3. The SMILES string of the molecule is CCCOCC(O)(C(=O)OC1CN2CCC1CC2)c1ccccc1. The minimum absolute atomic E-state index is 0.0786. The monoisotopic (exact) mass is 333 g/mol. The minimum Gasteiger partial charge on any atom is -0.458 e. The van der Waals surface area contributed by atoms with Crippen LogP contribution in [0.4, 0.5) is 0 Å². The van der Waals surface area contributed by atoms with E-state index >= 15 is 0 Å². The highest BCUT2D eigenvalue weighted by molar-refractivity contribution is 5.81. The van der Waals surface area contributed by atoms with Gasteiger partial charge in [0.25, 0.3) is 0 Å². The van der Waals surface area contributed by atoms with Gasteiger partial charge in [0, 0.05) is 13.2 Å². The number of aliphatic hydroxyl groups is 1. The zero-order chi connectivity index (χ0) is 17.0. The van der Waals surface area contributed by atoms with Gasteiger partial charge >= 0.3 is 5.97 Å². The topological polar surface area (TPSA) is 59.0 Å². The summed E-state index contributed by atoms with van der Waals surface area (Å²) in [4.78, 5) is 15.2. The molecule has 1 N–H and O–H groups in total. The molecule has 5 heteroatoms. The molecule has 1 aromatic rings. The van der Waals surface area contributed by atoms with Crippen LogP contribution in [0, 0.1) is 5.92 Å². The van der Waals surface area contributed by atoms with Crippen molar-refractivity contribution in [1.82, 2.24) is 4.90 Å². The van der Waals surface area contributed by atoms with Crippen molar-refractivity contribution in [2.75, 3.05) is 32.8 Å². The van der Waals surface area contributed by atoms with E-state index in [1.807, 2.05) is 25.1 Å². The highest BCUT2D eigenvalue weighted by atomic mass is 16.6. The summed E-state index contributed by atoms with van der Waals surface area (Å²) in [5.74, 6) is -0.181. The van der Waals surface area contributed by atoms with Crippen LogP contribution < -0.4 is 0 Å². The summed E-state index contributed by atoms with van der Waals surface area (Å²) < 4.78 is 11.3. The molecule has 0 spiro atoms. The van der Waals surface area contributed by atoms with E-state index in [0.29, 0.717) is 18.1 Å². The normalized spacial score (nSPS) is 28.3. The smallest absolute Gasteiger partial charge is 0.345 e. The first-order valence-corrected chi connectivity index (χ1v) is 8.92. The van der Waals surface area contributed by atoms with Crippen LogP contribution in [0.3, 0.4) is 0 Å². The Morgan fingerprint density at radius 2 is 2.00 bits per heavy atom. The molecule has 0 amide bonds. The lowest BCUT2D eigenvalue weighted by molar-refractivity contribution is -0.187. The maximum Gasteiger partial charge on any atom is 0.345 e. The molecule has 3 saturated heterocycles. The van der Waals surface area contributed by atoms with Crippen molar-refractivity contribution in [3.63, 3.8) is 0 Å². The van der Waals surface area contributed by atoms with Gasteiger partial charge in [0.1, 0.15) is 6.10 Å². The Bertz CT molecular complexity index is 542. The van der Waals surface area contributed by atoms with E-state index in [1.165, 1.54) is 0 Å². The first-order chi connectivity index (χ1) is 11.6. The maximum absolute atomic E-state index is 12.8. The Morgan fingerprint density at radius 1 is 1.29 bits per heavy atom. The van der Waals surface area contributed by atoms with Crippen molar-refractivity contribution in [3.05, 3.63) is 35.9 Å². The first-order valence-electron chi connectivity index (χ1n) is 8.92. The van der Waals surface area contributed by atoms with Crippen molar-refractivity contribution in [1.29, 1.82) is 0 Å². The quantitative estimate of drug-likeness (QED) is 0.610. The van der Waals surface area contributed by atoms with Gasteiger partial charge in [-0.2, -0.15) is 0 Å². The van der Waals surface area contributed by atoms with E-state index in [2.05, 4.69) is 4.90 Å². The van der Waals surface area contributed by atoms with Crippen LogP contribution in [0.25, 0.3) is 0 Å². The van der Waals surface area contributed by atoms with Gasteiger partial charge in [0.05, 0.1) is 6.61 Å². The number of carbonyl (C=O) groups is 1. The summed E-state index contributed by atoms with van der Waals surface area (Å²) in [6.45, 7) is 5.36. The molecular weight excluding hydrogens is 306 g/mol. The van der Waals surface area contributed by atoms with Crippen LogP contribution in [0.15, 0.2) is 30.3 Å². The molecule has 2 bridgehead atoms. The third-order valence-corrected chi connectivity index (χ3v) is 5.10. The molecule has 1 aromatic carbocycles. The molecule has 3 fully saturated rings. The average molecular weight is 333 g/mol. The van der Waals surface area contributed by atoms with Crippen LogP contribution in [-0.4, -0.2) is 54.9 Å². The third-order valence-electron chi connectivity index (χ3n) is 5.10. The Morgan fingerprint density at radius 3 is 2.58 bits per heavy atom. The van der Waals surface area contributed by atoms with Crippen LogP contribution in [0.1, 0.15) is 31.7 Å². The fourth-order valence-electron chi connectivity index (χ4n) is 3.62. The summed E-state index contributed by atoms with van der Waals surface area (Å²) in [5, 5.41) is 11.1. The fourth-order valence-corrected chi connectivity index (χ4v) is 3.62. The predicted molar refractivity (Wildman–Crippen MR) is 90.5 cm³/mol. The second-order valence-corrected chi connectivity index (χ2v) is 6.86. The molecular formula is C19H27NO4. The Hall–Kier alpha value is -1.43. The van der Waals surface area contributed by atoms with Crippen LogP contribution >= 0.6 is 0 Å². The molecule has 3 aliphatic heterocycles. The Balaban J connectivity index is 1.73. The number of rotatable bonds is 7. The lowest BCUT2D eigenvalue weighted by Crippen LogP contribution is -2.54. The molecule has 0 aromatic heterocycles. The number of carbonyl (C=O) groups excluding carboxylic acids is 1. The van der Waals surface area contributed by atoms with Gasteiger partial charge in [-0.05, 0) is 43.8 Å². The molecule has 5 nitrogen and oxygen atoms in total. The van der Waals surface area contributed by atoms with E-state index in [-0.39, 0.29) is 12.7 Å². The predicted octanol–water partition coefficient (Wildman–Crippen LogP) is 1.94. The van der Waals surface area contributed by atoms with E-state index in [9.17, 15) is 9.90 Å². The van der Waals surface area contributed by atoms with E-state index in [1.54, 1.807) is 12.1 Å². The molecule has 0 aliphatic carbocycles. The van der Waals surface area contributed by atoms with Crippen molar-refractivity contribution in [3.8, 4) is 0 Å². The van der Waals surface area contributed by atoms with E-state index in [0.717, 1.165) is 38.9 Å². The fraction of sp³-hybridized carbons (Fsp3) is 0.632. The molecule has 24 heavy (non-hydrogen) atoms. The average Bonchev–Trinajstić information content (AvgIpc) is 2.63. The maximum atomic E-state index is 12.8. The van der Waals surface area contributed by atoms with Crippen molar-refractivity contribution in [2.45, 2.75) is 37.9 Å². The number of fused-ring (bicyclic) bond motifs is 3. The molecule has 2 unspecified atom stereocenters. The summed E-state index contributed by atoms with van der Waals surface area (Å²) in [5.41, 5.74) is -1.23. The number of hydrogen-bond acceptors (Lipinski definition) is 5. The highest BCUT2D eigenvalue weighted by Gasteiger charge is 2.44. The molecule has 0 radical (unpaired) electrons.